The van der Waals surface area contributed by atoms with Gasteiger partial charge in [-0.15, -0.1) is 0 Å². The molecule has 4 heterocycles. The van der Waals surface area contributed by atoms with Crippen LogP contribution >= 0.6 is 11.6 Å². The molecule has 2 aliphatic rings. The maximum Gasteiger partial charge on any atom is 0.291 e. The molecule has 5 rings (SSSR count). The van der Waals surface area contributed by atoms with Crippen LogP contribution in [0.15, 0.2) is 47.0 Å². The predicted molar refractivity (Wildman–Crippen MR) is 115 cm³/mol. The van der Waals surface area contributed by atoms with E-state index in [4.69, 9.17) is 20.8 Å². The topological polar surface area (TPSA) is 67.6 Å². The summed E-state index contributed by atoms with van der Waals surface area (Å²) >= 11 is 6.02. The summed E-state index contributed by atoms with van der Waals surface area (Å²) in [5, 5.41) is 3.94. The van der Waals surface area contributed by atoms with Crippen LogP contribution in [0.25, 0.3) is 11.1 Å². The zero-order valence-corrected chi connectivity index (χ0v) is 17.6. The standard InChI is InChI=1S/C23H24ClN3O3/c1-29-21-20-19(3-2-10-25-20)30-22(21)23(28)26-16-11-17-8-9-18(12-16)27(17)13-14-4-6-15(24)7-5-14/h2-7,10,16-18H,8-9,11-13H2,1H3,(H,26,28). The number of fused-ring (bicyclic) bond motifs is 3. The van der Waals surface area contributed by atoms with Crippen molar-refractivity contribution in [3.05, 3.63) is 58.9 Å². The molecule has 2 aliphatic heterocycles. The summed E-state index contributed by atoms with van der Waals surface area (Å²) < 4.78 is 11.2. The monoisotopic (exact) mass is 425 g/mol. The Balaban J connectivity index is 1.28. The molecular weight excluding hydrogens is 402 g/mol. The highest BCUT2D eigenvalue weighted by atomic mass is 35.5. The number of hydrogen-bond acceptors (Lipinski definition) is 5. The normalized spacial score (nSPS) is 23.6. The molecule has 0 radical (unpaired) electrons. The van der Waals surface area contributed by atoms with E-state index < -0.39 is 0 Å². The van der Waals surface area contributed by atoms with E-state index in [-0.39, 0.29) is 17.7 Å². The Morgan fingerprint density at radius 2 is 1.97 bits per heavy atom. The molecule has 7 heteroatoms. The van der Waals surface area contributed by atoms with Crippen molar-refractivity contribution in [2.24, 2.45) is 0 Å². The van der Waals surface area contributed by atoms with Crippen LogP contribution in [-0.2, 0) is 6.54 Å². The fraction of sp³-hybridized carbons (Fsp3) is 0.391. The van der Waals surface area contributed by atoms with Crippen molar-refractivity contribution < 1.29 is 13.9 Å². The number of nitrogens with one attached hydrogen (secondary N) is 1. The highest BCUT2D eigenvalue weighted by Gasteiger charge is 2.41. The maximum atomic E-state index is 13.0. The Labute approximate surface area is 180 Å². The number of ether oxygens (including phenoxy) is 1. The zero-order chi connectivity index (χ0) is 20.7. The van der Waals surface area contributed by atoms with Crippen LogP contribution in [0.2, 0.25) is 5.02 Å². The molecule has 0 aliphatic carbocycles. The van der Waals surface area contributed by atoms with E-state index in [1.165, 1.54) is 25.5 Å². The molecule has 6 nitrogen and oxygen atoms in total. The molecule has 2 unspecified atom stereocenters. The van der Waals surface area contributed by atoms with Gasteiger partial charge >= 0.3 is 0 Å². The fourth-order valence-corrected chi connectivity index (χ4v) is 5.07. The van der Waals surface area contributed by atoms with E-state index >= 15 is 0 Å². The summed E-state index contributed by atoms with van der Waals surface area (Å²) in [6.07, 6.45) is 5.88. The number of rotatable bonds is 5. The lowest BCUT2D eigenvalue weighted by molar-refractivity contribution is 0.0803. The number of pyridine rings is 1. The second kappa shape index (κ2) is 7.93. The van der Waals surface area contributed by atoms with Gasteiger partial charge in [0.25, 0.3) is 5.91 Å². The fourth-order valence-electron chi connectivity index (χ4n) is 4.95. The van der Waals surface area contributed by atoms with Crippen LogP contribution in [0.1, 0.15) is 41.8 Å². The number of furan rings is 1. The lowest BCUT2D eigenvalue weighted by atomic mass is 9.96. The number of methoxy groups -OCH3 is 1. The van der Waals surface area contributed by atoms with Crippen LogP contribution in [-0.4, -0.2) is 41.0 Å². The van der Waals surface area contributed by atoms with Crippen molar-refractivity contribution in [3.8, 4) is 5.75 Å². The Hall–Kier alpha value is -2.57. The van der Waals surface area contributed by atoms with E-state index in [1.807, 2.05) is 12.1 Å². The van der Waals surface area contributed by atoms with Crippen molar-refractivity contribution in [1.29, 1.82) is 0 Å². The average molecular weight is 426 g/mol. The summed E-state index contributed by atoms with van der Waals surface area (Å²) in [4.78, 5) is 19.8. The predicted octanol–water partition coefficient (Wildman–Crippen LogP) is 4.42. The van der Waals surface area contributed by atoms with Crippen LogP contribution in [0, 0.1) is 0 Å². The molecule has 156 valence electrons. The second-order valence-corrected chi connectivity index (χ2v) is 8.58. The van der Waals surface area contributed by atoms with Gasteiger partial charge in [0.05, 0.1) is 7.11 Å². The lowest BCUT2D eigenvalue weighted by Crippen LogP contribution is -2.49. The van der Waals surface area contributed by atoms with E-state index in [1.54, 1.807) is 18.3 Å². The van der Waals surface area contributed by atoms with Gasteiger partial charge in [0.15, 0.2) is 16.8 Å². The summed E-state index contributed by atoms with van der Waals surface area (Å²) in [5.41, 5.74) is 2.40. The highest BCUT2D eigenvalue weighted by Crippen LogP contribution is 2.37. The van der Waals surface area contributed by atoms with Crippen molar-refractivity contribution >= 4 is 28.6 Å². The number of aromatic nitrogens is 1. The molecule has 3 aromatic rings. The van der Waals surface area contributed by atoms with E-state index in [0.29, 0.717) is 28.9 Å². The Morgan fingerprint density at radius 1 is 1.23 bits per heavy atom. The minimum absolute atomic E-state index is 0.127. The zero-order valence-electron chi connectivity index (χ0n) is 16.8. The SMILES string of the molecule is COc1c(C(=O)NC2CC3CCC(C2)N3Cc2ccc(Cl)cc2)oc2cccnc12. The van der Waals surface area contributed by atoms with E-state index in [0.717, 1.165) is 24.4 Å². The van der Waals surface area contributed by atoms with Gasteiger partial charge in [-0.1, -0.05) is 23.7 Å². The van der Waals surface area contributed by atoms with Crippen LogP contribution in [0.5, 0.6) is 5.75 Å². The molecule has 2 atom stereocenters. The first-order valence-corrected chi connectivity index (χ1v) is 10.7. The Kier molecular flexibility index (Phi) is 5.13. The third-order valence-corrected chi connectivity index (χ3v) is 6.56. The molecule has 2 fully saturated rings. The summed E-state index contributed by atoms with van der Waals surface area (Å²) in [5.74, 6) is 0.355. The molecule has 0 saturated carbocycles. The molecular formula is C23H24ClN3O3. The van der Waals surface area contributed by atoms with Crippen LogP contribution < -0.4 is 10.1 Å². The molecule has 1 aromatic carbocycles. The Bertz CT molecular complexity index is 1050. The number of carbonyl (C=O) groups is 1. The average Bonchev–Trinajstić information content (AvgIpc) is 3.23. The summed E-state index contributed by atoms with van der Waals surface area (Å²) in [6.45, 7) is 0.927. The third-order valence-electron chi connectivity index (χ3n) is 6.31. The first-order chi connectivity index (χ1) is 14.6. The minimum atomic E-state index is -0.236. The van der Waals surface area contributed by atoms with Gasteiger partial charge in [-0.2, -0.15) is 0 Å². The van der Waals surface area contributed by atoms with Gasteiger partial charge in [0.1, 0.15) is 0 Å². The highest BCUT2D eigenvalue weighted by molar-refractivity contribution is 6.30. The molecule has 2 saturated heterocycles. The smallest absolute Gasteiger partial charge is 0.291 e. The van der Waals surface area contributed by atoms with Crippen molar-refractivity contribution in [2.75, 3.05) is 7.11 Å². The minimum Gasteiger partial charge on any atom is -0.491 e. The van der Waals surface area contributed by atoms with Gasteiger partial charge in [0.2, 0.25) is 5.76 Å². The van der Waals surface area contributed by atoms with Crippen molar-refractivity contribution in [2.45, 2.75) is 50.4 Å². The number of hydrogen-bond donors (Lipinski definition) is 1. The number of nitrogens with zero attached hydrogens (tertiary/aromatic N) is 2. The quantitative estimate of drug-likeness (QED) is 0.655. The summed E-state index contributed by atoms with van der Waals surface area (Å²) in [6, 6.07) is 12.7. The molecule has 2 aromatic heterocycles. The van der Waals surface area contributed by atoms with Crippen molar-refractivity contribution in [1.82, 2.24) is 15.2 Å². The van der Waals surface area contributed by atoms with Crippen molar-refractivity contribution in [3.63, 3.8) is 0 Å². The second-order valence-electron chi connectivity index (χ2n) is 8.14. The maximum absolute atomic E-state index is 13.0. The molecule has 2 bridgehead atoms. The number of carbonyl (C=O) groups excluding carboxylic acids is 1. The Morgan fingerprint density at radius 3 is 2.67 bits per heavy atom. The largest absolute Gasteiger partial charge is 0.491 e. The van der Waals surface area contributed by atoms with Gasteiger partial charge in [0, 0.05) is 35.9 Å². The lowest BCUT2D eigenvalue weighted by Gasteiger charge is -2.39. The first-order valence-electron chi connectivity index (χ1n) is 10.3. The number of halogens is 1. The van der Waals surface area contributed by atoms with Gasteiger partial charge in [-0.25, -0.2) is 4.98 Å². The number of piperidine rings is 1. The van der Waals surface area contributed by atoms with E-state index in [9.17, 15) is 4.79 Å². The molecule has 30 heavy (non-hydrogen) atoms. The molecule has 0 spiro atoms. The van der Waals surface area contributed by atoms with Gasteiger partial charge in [-0.3, -0.25) is 9.69 Å². The summed E-state index contributed by atoms with van der Waals surface area (Å²) in [7, 11) is 1.53. The van der Waals surface area contributed by atoms with Crippen LogP contribution in [0.4, 0.5) is 0 Å². The van der Waals surface area contributed by atoms with Crippen LogP contribution in [0.3, 0.4) is 0 Å². The molecule has 1 amide bonds. The number of benzene rings is 1. The van der Waals surface area contributed by atoms with Gasteiger partial charge < -0.3 is 14.5 Å². The molecule has 1 N–H and O–H groups in total. The number of amides is 1. The first kappa shape index (κ1) is 19.4. The third kappa shape index (κ3) is 3.55. The van der Waals surface area contributed by atoms with E-state index in [2.05, 4.69) is 27.3 Å². The van der Waals surface area contributed by atoms with Gasteiger partial charge in [-0.05, 0) is 55.5 Å².